The summed E-state index contributed by atoms with van der Waals surface area (Å²) >= 11 is 0. The van der Waals surface area contributed by atoms with E-state index >= 15 is 0 Å². The van der Waals surface area contributed by atoms with Crippen LogP contribution in [0.15, 0.2) is 30.3 Å². The second-order valence-corrected chi connectivity index (χ2v) is 9.75. The molecule has 2 amide bonds. The molecule has 3 heterocycles. The zero-order valence-electron chi connectivity index (χ0n) is 18.9. The van der Waals surface area contributed by atoms with Crippen molar-refractivity contribution < 1.29 is 14.3 Å². The summed E-state index contributed by atoms with van der Waals surface area (Å²) in [6.07, 6.45) is 4.61. The van der Waals surface area contributed by atoms with E-state index in [0.29, 0.717) is 19.7 Å². The normalized spacial score (nSPS) is 23.4. The van der Waals surface area contributed by atoms with Crippen LogP contribution in [-0.4, -0.2) is 65.6 Å². The minimum Gasteiger partial charge on any atom is -0.450 e. The van der Waals surface area contributed by atoms with E-state index in [1.807, 2.05) is 6.92 Å². The molecule has 1 aromatic carbocycles. The maximum Gasteiger partial charge on any atom is 0.409 e. The van der Waals surface area contributed by atoms with Crippen molar-refractivity contribution >= 4 is 22.9 Å². The molecule has 0 bridgehead atoms. The highest BCUT2D eigenvalue weighted by Crippen LogP contribution is 2.59. The lowest BCUT2D eigenvalue weighted by atomic mass is 9.90. The molecule has 2 saturated heterocycles. The van der Waals surface area contributed by atoms with Crippen molar-refractivity contribution in [3.8, 4) is 0 Å². The van der Waals surface area contributed by atoms with Crippen molar-refractivity contribution in [2.75, 3.05) is 32.8 Å². The fourth-order valence-electron chi connectivity index (χ4n) is 5.61. The molecule has 1 saturated carbocycles. The molecular weight excluding hydrogens is 404 g/mol. The van der Waals surface area contributed by atoms with E-state index in [0.717, 1.165) is 51.7 Å². The van der Waals surface area contributed by atoms with Gasteiger partial charge in [0.2, 0.25) is 5.91 Å². The number of ether oxygens (including phenoxy) is 1. The Morgan fingerprint density at radius 1 is 1.16 bits per heavy atom. The quantitative estimate of drug-likeness (QED) is 0.749. The largest absolute Gasteiger partial charge is 0.450 e. The number of likely N-dealkylation sites (tertiary alicyclic amines) is 2. The van der Waals surface area contributed by atoms with Crippen molar-refractivity contribution in [1.29, 1.82) is 0 Å². The molecule has 1 aromatic heterocycles. The highest BCUT2D eigenvalue weighted by atomic mass is 16.6. The maximum atomic E-state index is 12.9. The number of nitrogens with zero attached hydrogens (tertiary/aromatic N) is 2. The summed E-state index contributed by atoms with van der Waals surface area (Å²) in [7, 11) is 0. The molecule has 2 aromatic rings. The van der Waals surface area contributed by atoms with Crippen LogP contribution in [0.2, 0.25) is 0 Å². The van der Waals surface area contributed by atoms with Gasteiger partial charge in [-0.05, 0) is 75.1 Å². The zero-order valence-corrected chi connectivity index (χ0v) is 18.9. The van der Waals surface area contributed by atoms with Gasteiger partial charge in [0.1, 0.15) is 0 Å². The Morgan fingerprint density at radius 3 is 2.62 bits per heavy atom. The number of H-pyrrole nitrogens is 1. The number of carbonyl (C=O) groups excluding carboxylic acids is 2. The van der Waals surface area contributed by atoms with Gasteiger partial charge in [-0.15, -0.1) is 0 Å². The van der Waals surface area contributed by atoms with E-state index in [4.69, 9.17) is 4.74 Å². The van der Waals surface area contributed by atoms with Crippen LogP contribution in [0, 0.1) is 11.3 Å². The van der Waals surface area contributed by atoms with E-state index in [2.05, 4.69) is 45.5 Å². The first-order valence-corrected chi connectivity index (χ1v) is 12.1. The second kappa shape index (κ2) is 8.77. The lowest BCUT2D eigenvalue weighted by Gasteiger charge is -2.33. The Balaban J connectivity index is 1.06. The molecule has 3 fully saturated rings. The van der Waals surface area contributed by atoms with E-state index in [1.165, 1.54) is 16.6 Å². The highest BCUT2D eigenvalue weighted by molar-refractivity contribution is 5.83. The summed E-state index contributed by atoms with van der Waals surface area (Å²) in [5, 5.41) is 4.54. The first-order valence-electron chi connectivity index (χ1n) is 12.1. The van der Waals surface area contributed by atoms with Crippen molar-refractivity contribution in [3.63, 3.8) is 0 Å². The lowest BCUT2D eigenvalue weighted by Crippen LogP contribution is -2.47. The average Bonchev–Trinajstić information content (AvgIpc) is 3.35. The van der Waals surface area contributed by atoms with E-state index in [9.17, 15) is 9.59 Å². The first-order chi connectivity index (χ1) is 15.6. The number of nitrogens with one attached hydrogen (secondary N) is 2. The third kappa shape index (κ3) is 4.35. The molecule has 1 spiro atoms. The number of hydrogen-bond donors (Lipinski definition) is 2. The van der Waals surface area contributed by atoms with Crippen LogP contribution in [0.25, 0.3) is 10.9 Å². The van der Waals surface area contributed by atoms with Gasteiger partial charge in [0, 0.05) is 42.8 Å². The lowest BCUT2D eigenvalue weighted by molar-refractivity contribution is -0.124. The standard InChI is InChI=1S/C25H34N4O3/c1-2-32-24(31)29-11-7-19(8-12-29)27-23(30)21-16-25(21)9-13-28(14-10-25)17-20-15-18-5-3-4-6-22(18)26-20/h3-6,15,19,21,26H,2,7-14,16-17H2,1H3,(H,27,30)/t21-/m0/s1. The zero-order chi connectivity index (χ0) is 22.1. The Bertz CT molecular complexity index is 937. The summed E-state index contributed by atoms with van der Waals surface area (Å²) in [5.74, 6) is 0.393. The molecule has 3 aliphatic rings. The van der Waals surface area contributed by atoms with Crippen LogP contribution in [0.4, 0.5) is 4.79 Å². The molecule has 2 N–H and O–H groups in total. The molecule has 7 nitrogen and oxygen atoms in total. The third-order valence-electron chi connectivity index (χ3n) is 7.71. The van der Waals surface area contributed by atoms with E-state index in [1.54, 1.807) is 4.90 Å². The molecule has 2 aliphatic heterocycles. The summed E-state index contributed by atoms with van der Waals surface area (Å²) in [4.78, 5) is 32.5. The van der Waals surface area contributed by atoms with Crippen LogP contribution >= 0.6 is 0 Å². The Morgan fingerprint density at radius 2 is 1.91 bits per heavy atom. The van der Waals surface area contributed by atoms with Gasteiger partial charge in [-0.1, -0.05) is 18.2 Å². The smallest absolute Gasteiger partial charge is 0.409 e. The number of rotatable bonds is 5. The predicted molar refractivity (Wildman–Crippen MR) is 123 cm³/mol. The van der Waals surface area contributed by atoms with Crippen molar-refractivity contribution in [1.82, 2.24) is 20.1 Å². The summed E-state index contributed by atoms with van der Waals surface area (Å²) in [6.45, 7) is 6.58. The molecule has 5 rings (SSSR count). The Kier molecular flexibility index (Phi) is 5.84. The Hall–Kier alpha value is -2.54. The number of hydrogen-bond acceptors (Lipinski definition) is 4. The average molecular weight is 439 g/mol. The fraction of sp³-hybridized carbons (Fsp3) is 0.600. The predicted octanol–water partition coefficient (Wildman–Crippen LogP) is 3.51. The molecular formula is C25H34N4O3. The summed E-state index contributed by atoms with van der Waals surface area (Å²) < 4.78 is 5.08. The fourth-order valence-corrected chi connectivity index (χ4v) is 5.61. The van der Waals surface area contributed by atoms with Gasteiger partial charge < -0.3 is 19.9 Å². The van der Waals surface area contributed by atoms with Gasteiger partial charge >= 0.3 is 6.09 Å². The number of piperidine rings is 2. The number of carbonyl (C=O) groups is 2. The topological polar surface area (TPSA) is 77.7 Å². The monoisotopic (exact) mass is 438 g/mol. The first kappa shape index (κ1) is 21.3. The van der Waals surface area contributed by atoms with Gasteiger partial charge in [0.05, 0.1) is 6.61 Å². The van der Waals surface area contributed by atoms with Gasteiger partial charge in [-0.25, -0.2) is 4.79 Å². The third-order valence-corrected chi connectivity index (χ3v) is 7.71. The van der Waals surface area contributed by atoms with Gasteiger partial charge in [0.25, 0.3) is 0 Å². The molecule has 1 atom stereocenters. The minimum absolute atomic E-state index is 0.167. The van der Waals surface area contributed by atoms with Gasteiger partial charge in [-0.2, -0.15) is 0 Å². The maximum absolute atomic E-state index is 12.9. The molecule has 172 valence electrons. The van der Waals surface area contributed by atoms with Crippen LogP contribution in [0.1, 0.15) is 44.7 Å². The summed E-state index contributed by atoms with van der Waals surface area (Å²) in [6, 6.07) is 10.8. The molecule has 0 unspecified atom stereocenters. The van der Waals surface area contributed by atoms with E-state index in [-0.39, 0.29) is 29.4 Å². The number of para-hydroxylation sites is 1. The summed E-state index contributed by atoms with van der Waals surface area (Å²) in [5.41, 5.74) is 2.68. The number of amides is 2. The van der Waals surface area contributed by atoms with Crippen molar-refractivity contribution in [3.05, 3.63) is 36.0 Å². The van der Waals surface area contributed by atoms with Crippen LogP contribution in [0.3, 0.4) is 0 Å². The van der Waals surface area contributed by atoms with Crippen LogP contribution in [0.5, 0.6) is 0 Å². The van der Waals surface area contributed by atoms with Gasteiger partial charge in [-0.3, -0.25) is 9.69 Å². The number of aromatic nitrogens is 1. The highest BCUT2D eigenvalue weighted by Gasteiger charge is 2.58. The molecule has 32 heavy (non-hydrogen) atoms. The molecule has 0 radical (unpaired) electrons. The minimum atomic E-state index is -0.238. The van der Waals surface area contributed by atoms with Crippen LogP contribution < -0.4 is 5.32 Å². The van der Waals surface area contributed by atoms with Crippen molar-refractivity contribution in [2.24, 2.45) is 11.3 Å². The number of fused-ring (bicyclic) bond motifs is 1. The Labute approximate surface area is 189 Å². The molecule has 1 aliphatic carbocycles. The number of aromatic amines is 1. The second-order valence-electron chi connectivity index (χ2n) is 9.75. The van der Waals surface area contributed by atoms with Crippen molar-refractivity contribution in [2.45, 2.75) is 51.6 Å². The van der Waals surface area contributed by atoms with Gasteiger partial charge in [0.15, 0.2) is 0 Å². The van der Waals surface area contributed by atoms with E-state index < -0.39 is 0 Å². The van der Waals surface area contributed by atoms with Crippen LogP contribution in [-0.2, 0) is 16.1 Å². The SMILES string of the molecule is CCOC(=O)N1CCC(NC(=O)[C@@H]2CC23CCN(Cc2cc4ccccc4[nH]2)CC3)CC1. The number of benzene rings is 1. The molecule has 7 heteroatoms.